The Morgan fingerprint density at radius 2 is 1.58 bits per heavy atom. The van der Waals surface area contributed by atoms with E-state index in [2.05, 4.69) is 10.6 Å². The van der Waals surface area contributed by atoms with Crippen LogP contribution in [0.4, 0.5) is 24.5 Å². The van der Waals surface area contributed by atoms with Gasteiger partial charge in [0.25, 0.3) is 11.8 Å². The van der Waals surface area contributed by atoms with Crippen molar-refractivity contribution in [3.63, 3.8) is 0 Å². The summed E-state index contributed by atoms with van der Waals surface area (Å²) in [4.78, 5) is 37.3. The molecule has 0 unspecified atom stereocenters. The summed E-state index contributed by atoms with van der Waals surface area (Å²) in [6.07, 6.45) is -5.35. The minimum Gasteiger partial charge on any atom is -0.448 e. The largest absolute Gasteiger partial charge is 0.448 e. The van der Waals surface area contributed by atoms with Crippen molar-refractivity contribution in [2.45, 2.75) is 18.7 Å². The number of alkyl halides is 3. The fraction of sp³-hybridized carbons (Fsp3) is 0.125. The van der Waals surface area contributed by atoms with E-state index in [-0.39, 0.29) is 23.4 Å². The Hall–Kier alpha value is -4.14. The van der Waals surface area contributed by atoms with Crippen LogP contribution < -0.4 is 10.6 Å². The molecule has 1 atom stereocenters. The van der Waals surface area contributed by atoms with Crippen molar-refractivity contribution in [3.8, 4) is 0 Å². The number of amides is 2. The number of nitrogens with one attached hydrogen (secondary N) is 2. The van der Waals surface area contributed by atoms with Gasteiger partial charge in [0, 0.05) is 23.4 Å². The zero-order valence-electron chi connectivity index (χ0n) is 17.0. The molecule has 0 saturated carbocycles. The summed E-state index contributed by atoms with van der Waals surface area (Å²) < 4.78 is 43.9. The Bertz CT molecular complexity index is 1240. The Kier molecular flexibility index (Phi) is 5.87. The first-order valence-corrected chi connectivity index (χ1v) is 9.89. The number of ether oxygens (including phenoxy) is 1. The fourth-order valence-electron chi connectivity index (χ4n) is 3.42. The number of esters is 1. The highest BCUT2D eigenvalue weighted by Crippen LogP contribution is 2.31. The monoisotopic (exact) mass is 454 g/mol. The Morgan fingerprint density at radius 3 is 2.33 bits per heavy atom. The molecule has 4 rings (SSSR count). The van der Waals surface area contributed by atoms with Gasteiger partial charge in [0.2, 0.25) is 0 Å². The summed E-state index contributed by atoms with van der Waals surface area (Å²) in [6, 6.07) is 17.0. The molecule has 0 fully saturated rings. The molecule has 6 nitrogen and oxygen atoms in total. The van der Waals surface area contributed by atoms with Crippen LogP contribution in [-0.4, -0.2) is 23.9 Å². The normalized spacial score (nSPS) is 15.2. The molecule has 2 amide bonds. The Balaban J connectivity index is 1.44. The van der Waals surface area contributed by atoms with Gasteiger partial charge in [-0.25, -0.2) is 4.79 Å². The third kappa shape index (κ3) is 5.03. The molecule has 3 aromatic rings. The van der Waals surface area contributed by atoms with Crippen molar-refractivity contribution in [1.82, 2.24) is 0 Å². The number of cyclic esters (lactones) is 1. The molecule has 0 aromatic heterocycles. The number of carbonyl (C=O) groups excluding carboxylic acids is 3. The lowest BCUT2D eigenvalue weighted by molar-refractivity contribution is -0.137. The van der Waals surface area contributed by atoms with Crippen molar-refractivity contribution in [2.75, 3.05) is 10.6 Å². The van der Waals surface area contributed by atoms with Gasteiger partial charge in [-0.15, -0.1) is 0 Å². The van der Waals surface area contributed by atoms with Gasteiger partial charge in [0.1, 0.15) is 0 Å². The van der Waals surface area contributed by atoms with Crippen LogP contribution in [0.5, 0.6) is 0 Å². The summed E-state index contributed by atoms with van der Waals surface area (Å²) in [5.41, 5.74) is 0.600. The van der Waals surface area contributed by atoms with Crippen LogP contribution in [0.3, 0.4) is 0 Å². The van der Waals surface area contributed by atoms with Gasteiger partial charge in [-0.3, -0.25) is 9.59 Å². The van der Waals surface area contributed by atoms with Crippen LogP contribution in [0.25, 0.3) is 0 Å². The average molecular weight is 454 g/mol. The molecular formula is C24H17F3N2O4. The van der Waals surface area contributed by atoms with E-state index in [1.165, 1.54) is 36.4 Å². The first-order chi connectivity index (χ1) is 15.7. The maximum absolute atomic E-state index is 12.9. The highest BCUT2D eigenvalue weighted by Gasteiger charge is 2.32. The maximum atomic E-state index is 12.9. The average Bonchev–Trinajstić information content (AvgIpc) is 2.79. The van der Waals surface area contributed by atoms with E-state index in [1.807, 2.05) is 0 Å². The number of hydrogen-bond acceptors (Lipinski definition) is 4. The van der Waals surface area contributed by atoms with Crippen LogP contribution >= 0.6 is 0 Å². The molecule has 2 N–H and O–H groups in total. The molecule has 0 aliphatic carbocycles. The zero-order chi connectivity index (χ0) is 23.6. The van der Waals surface area contributed by atoms with Crippen LogP contribution in [0.2, 0.25) is 0 Å². The van der Waals surface area contributed by atoms with E-state index in [4.69, 9.17) is 4.74 Å². The minimum absolute atomic E-state index is 0.0166. The van der Waals surface area contributed by atoms with Crippen molar-refractivity contribution in [3.05, 3.63) is 95.1 Å². The molecular weight excluding hydrogens is 437 g/mol. The number of anilines is 2. The summed E-state index contributed by atoms with van der Waals surface area (Å²) in [6.45, 7) is 0. The van der Waals surface area contributed by atoms with E-state index in [0.29, 0.717) is 11.1 Å². The Morgan fingerprint density at radius 1 is 0.879 bits per heavy atom. The molecule has 1 aliphatic rings. The molecule has 9 heteroatoms. The highest BCUT2D eigenvalue weighted by molar-refractivity contribution is 6.06. The molecule has 3 aromatic carbocycles. The van der Waals surface area contributed by atoms with Gasteiger partial charge >= 0.3 is 12.1 Å². The highest BCUT2D eigenvalue weighted by atomic mass is 19.4. The maximum Gasteiger partial charge on any atom is 0.416 e. The number of rotatable bonds is 4. The smallest absolute Gasteiger partial charge is 0.416 e. The van der Waals surface area contributed by atoms with Crippen LogP contribution in [0.15, 0.2) is 72.8 Å². The zero-order valence-corrected chi connectivity index (χ0v) is 17.0. The predicted molar refractivity (Wildman–Crippen MR) is 114 cm³/mol. The van der Waals surface area contributed by atoms with Gasteiger partial charge in [-0.1, -0.05) is 30.3 Å². The van der Waals surface area contributed by atoms with Gasteiger partial charge in [-0.2, -0.15) is 13.2 Å². The fourth-order valence-corrected chi connectivity index (χ4v) is 3.42. The van der Waals surface area contributed by atoms with Crippen molar-refractivity contribution in [1.29, 1.82) is 0 Å². The number of fused-ring (bicyclic) bond motifs is 1. The number of hydrogen-bond donors (Lipinski definition) is 2. The lowest BCUT2D eigenvalue weighted by Gasteiger charge is -2.23. The lowest BCUT2D eigenvalue weighted by atomic mass is 9.98. The van der Waals surface area contributed by atoms with E-state index in [0.717, 1.165) is 12.1 Å². The quantitative estimate of drug-likeness (QED) is 0.561. The van der Waals surface area contributed by atoms with Gasteiger partial charge < -0.3 is 15.4 Å². The SMILES string of the molecule is O=C(Nc1cccc(C(F)(F)F)c1)c1cccc(NC(=O)[C@H]2Cc3ccccc3C(=O)O2)c1. The van der Waals surface area contributed by atoms with Crippen LogP contribution in [0.1, 0.15) is 31.8 Å². The number of halogens is 3. The molecule has 168 valence electrons. The molecule has 1 heterocycles. The van der Waals surface area contributed by atoms with Crippen molar-refractivity contribution < 1.29 is 32.3 Å². The minimum atomic E-state index is -4.53. The van der Waals surface area contributed by atoms with Gasteiger partial charge in [0.05, 0.1) is 11.1 Å². The second kappa shape index (κ2) is 8.78. The van der Waals surface area contributed by atoms with E-state index in [1.54, 1.807) is 24.3 Å². The molecule has 0 bridgehead atoms. The second-order valence-electron chi connectivity index (χ2n) is 7.36. The topological polar surface area (TPSA) is 84.5 Å². The van der Waals surface area contributed by atoms with E-state index < -0.39 is 35.6 Å². The lowest BCUT2D eigenvalue weighted by Crippen LogP contribution is -2.38. The van der Waals surface area contributed by atoms with E-state index in [9.17, 15) is 27.6 Å². The molecule has 0 spiro atoms. The van der Waals surface area contributed by atoms with Crippen molar-refractivity contribution >= 4 is 29.2 Å². The van der Waals surface area contributed by atoms with Gasteiger partial charge in [0.15, 0.2) is 6.10 Å². The second-order valence-corrected chi connectivity index (χ2v) is 7.36. The first-order valence-electron chi connectivity index (χ1n) is 9.89. The summed E-state index contributed by atoms with van der Waals surface area (Å²) in [7, 11) is 0. The number of carbonyl (C=O) groups is 3. The Labute approximate surface area is 186 Å². The molecule has 1 aliphatic heterocycles. The van der Waals surface area contributed by atoms with E-state index >= 15 is 0 Å². The summed E-state index contributed by atoms with van der Waals surface area (Å²) in [5, 5.41) is 5.02. The third-order valence-corrected chi connectivity index (χ3v) is 5.02. The predicted octanol–water partition coefficient (Wildman–Crippen LogP) is 4.68. The third-order valence-electron chi connectivity index (χ3n) is 5.02. The summed E-state index contributed by atoms with van der Waals surface area (Å²) >= 11 is 0. The first kappa shape index (κ1) is 22.1. The molecule has 33 heavy (non-hydrogen) atoms. The van der Waals surface area contributed by atoms with Gasteiger partial charge in [-0.05, 0) is 48.0 Å². The number of benzene rings is 3. The standard InChI is InChI=1S/C24H17F3N2O4/c25-24(26,27)16-7-4-9-18(13-16)28-21(30)15-6-3-8-17(11-15)29-22(31)20-12-14-5-1-2-10-19(14)23(32)33-20/h1-11,13,20H,12H2,(H,28,30)(H,29,31)/t20-/m1/s1. The molecule has 0 radical (unpaired) electrons. The van der Waals surface area contributed by atoms with Crippen molar-refractivity contribution in [2.24, 2.45) is 0 Å². The molecule has 0 saturated heterocycles. The van der Waals surface area contributed by atoms with Crippen LogP contribution in [0, 0.1) is 0 Å². The van der Waals surface area contributed by atoms with Crippen LogP contribution in [-0.2, 0) is 22.1 Å². The summed E-state index contributed by atoms with van der Waals surface area (Å²) in [5.74, 6) is -1.80.